The number of hydrogen-bond acceptors (Lipinski definition) is 6. The van der Waals surface area contributed by atoms with Crippen molar-refractivity contribution >= 4 is 17.7 Å². The van der Waals surface area contributed by atoms with Crippen LogP contribution in [0.5, 0.6) is 0 Å². The molecular formula is C13H16N6O2. The van der Waals surface area contributed by atoms with Gasteiger partial charge in [0.25, 0.3) is 5.91 Å². The predicted octanol–water partition coefficient (Wildman–Crippen LogP) is 0.0421. The van der Waals surface area contributed by atoms with Gasteiger partial charge in [0.15, 0.2) is 5.82 Å². The van der Waals surface area contributed by atoms with Crippen molar-refractivity contribution in [1.82, 2.24) is 20.2 Å². The summed E-state index contributed by atoms with van der Waals surface area (Å²) in [5.41, 5.74) is 8.75. The summed E-state index contributed by atoms with van der Waals surface area (Å²) in [6.45, 7) is 1.30. The zero-order valence-electron chi connectivity index (χ0n) is 11.4. The Labute approximate surface area is 121 Å². The van der Waals surface area contributed by atoms with Crippen LogP contribution in [0.15, 0.2) is 23.5 Å². The number of hydrazone groups is 1. The van der Waals surface area contributed by atoms with Crippen LogP contribution in [0, 0.1) is 0 Å². The number of amides is 1. The highest BCUT2D eigenvalue weighted by molar-refractivity contribution is 6.09. The van der Waals surface area contributed by atoms with Gasteiger partial charge in [-0.1, -0.05) is 0 Å². The number of nitrogens with two attached hydrogens (primary N) is 1. The number of carbonyl (C=O) groups excluding carboxylic acids is 1. The predicted molar refractivity (Wildman–Crippen MR) is 76.3 cm³/mol. The molecule has 0 bridgehead atoms. The second kappa shape index (κ2) is 5.88. The zero-order chi connectivity index (χ0) is 14.7. The first-order valence-electron chi connectivity index (χ1n) is 6.76. The monoisotopic (exact) mass is 288 g/mol. The fourth-order valence-corrected chi connectivity index (χ4v) is 2.29. The molecule has 1 fully saturated rings. The zero-order valence-corrected chi connectivity index (χ0v) is 11.4. The third-order valence-corrected chi connectivity index (χ3v) is 3.28. The lowest BCUT2D eigenvalue weighted by Crippen LogP contribution is -2.19. The molecule has 0 aromatic carbocycles. The SMILES string of the molecule is NC(=O)c1nc(C2=CC=CNN=C2)n(CC2CCCO2)n1. The molecule has 0 aliphatic carbocycles. The van der Waals surface area contributed by atoms with E-state index in [0.717, 1.165) is 25.0 Å². The lowest BCUT2D eigenvalue weighted by atomic mass is 10.2. The number of allylic oxidation sites excluding steroid dienone is 3. The summed E-state index contributed by atoms with van der Waals surface area (Å²) in [5.74, 6) is -0.1000. The molecule has 3 rings (SSSR count). The molecule has 21 heavy (non-hydrogen) atoms. The largest absolute Gasteiger partial charge is 0.376 e. The second-order valence-electron chi connectivity index (χ2n) is 4.81. The molecule has 0 spiro atoms. The molecular weight excluding hydrogens is 272 g/mol. The summed E-state index contributed by atoms with van der Waals surface area (Å²) in [4.78, 5) is 15.5. The molecule has 1 aromatic heterocycles. The van der Waals surface area contributed by atoms with Gasteiger partial charge >= 0.3 is 0 Å². The number of ether oxygens (including phenoxy) is 1. The van der Waals surface area contributed by atoms with Gasteiger partial charge in [-0.15, -0.1) is 5.10 Å². The quantitative estimate of drug-likeness (QED) is 0.813. The van der Waals surface area contributed by atoms with Gasteiger partial charge in [-0.3, -0.25) is 10.2 Å². The highest BCUT2D eigenvalue weighted by Gasteiger charge is 2.22. The summed E-state index contributed by atoms with van der Waals surface area (Å²) in [7, 11) is 0. The summed E-state index contributed by atoms with van der Waals surface area (Å²) >= 11 is 0. The maximum Gasteiger partial charge on any atom is 0.288 e. The van der Waals surface area contributed by atoms with Gasteiger partial charge in [0.1, 0.15) is 0 Å². The first-order chi connectivity index (χ1) is 10.2. The van der Waals surface area contributed by atoms with Crippen LogP contribution in [0.2, 0.25) is 0 Å². The van der Waals surface area contributed by atoms with Gasteiger partial charge < -0.3 is 10.5 Å². The van der Waals surface area contributed by atoms with E-state index in [9.17, 15) is 4.79 Å². The van der Waals surface area contributed by atoms with Crippen LogP contribution < -0.4 is 11.2 Å². The maximum atomic E-state index is 11.3. The molecule has 1 unspecified atom stereocenters. The molecule has 3 N–H and O–H groups in total. The summed E-state index contributed by atoms with van der Waals surface area (Å²) < 4.78 is 7.27. The third kappa shape index (κ3) is 3.00. The second-order valence-corrected chi connectivity index (χ2v) is 4.81. The van der Waals surface area contributed by atoms with Gasteiger partial charge in [0, 0.05) is 18.4 Å². The average Bonchev–Trinajstić information content (AvgIpc) is 3.04. The molecule has 0 radical (unpaired) electrons. The van der Waals surface area contributed by atoms with E-state index in [-0.39, 0.29) is 11.9 Å². The Bertz CT molecular complexity index is 625. The molecule has 1 atom stereocenters. The number of aromatic nitrogens is 3. The molecule has 2 aliphatic rings. The first kappa shape index (κ1) is 13.5. The maximum absolute atomic E-state index is 11.3. The topological polar surface area (TPSA) is 107 Å². The van der Waals surface area contributed by atoms with E-state index in [4.69, 9.17) is 10.5 Å². The van der Waals surface area contributed by atoms with Crippen LogP contribution in [-0.4, -0.2) is 39.6 Å². The van der Waals surface area contributed by atoms with Crippen molar-refractivity contribution in [2.45, 2.75) is 25.5 Å². The highest BCUT2D eigenvalue weighted by Crippen LogP contribution is 2.17. The van der Waals surface area contributed by atoms with Crippen LogP contribution in [0.1, 0.15) is 29.3 Å². The van der Waals surface area contributed by atoms with Crippen molar-refractivity contribution in [3.8, 4) is 0 Å². The van der Waals surface area contributed by atoms with Crippen LogP contribution in [0.25, 0.3) is 5.57 Å². The minimum atomic E-state index is -0.651. The van der Waals surface area contributed by atoms with E-state index in [1.54, 1.807) is 23.2 Å². The number of hydrogen-bond donors (Lipinski definition) is 2. The van der Waals surface area contributed by atoms with E-state index in [2.05, 4.69) is 20.6 Å². The standard InChI is InChI=1S/C13H16N6O2/c14-11(20)12-17-13(9-3-1-5-15-16-7-9)19(18-12)8-10-4-2-6-21-10/h1,3,5,7,10,15H,2,4,6,8H2,(H2,14,20). The highest BCUT2D eigenvalue weighted by atomic mass is 16.5. The Balaban J connectivity index is 1.94. The van der Waals surface area contributed by atoms with Crippen molar-refractivity contribution in [2.24, 2.45) is 10.8 Å². The molecule has 8 heteroatoms. The van der Waals surface area contributed by atoms with Crippen LogP contribution >= 0.6 is 0 Å². The number of carbonyl (C=O) groups is 1. The first-order valence-corrected chi connectivity index (χ1v) is 6.76. The summed E-state index contributed by atoms with van der Waals surface area (Å²) in [6.07, 6.45) is 9.05. The number of nitrogens with zero attached hydrogens (tertiary/aromatic N) is 4. The normalized spacial score (nSPS) is 21.0. The van der Waals surface area contributed by atoms with Gasteiger partial charge in [-0.05, 0) is 25.0 Å². The Morgan fingerprint density at radius 2 is 2.48 bits per heavy atom. The van der Waals surface area contributed by atoms with Crippen molar-refractivity contribution < 1.29 is 9.53 Å². The summed E-state index contributed by atoms with van der Waals surface area (Å²) in [5, 5.41) is 8.18. The van der Waals surface area contributed by atoms with E-state index in [1.807, 2.05) is 6.08 Å². The molecule has 2 aliphatic heterocycles. The molecule has 1 saturated heterocycles. The Kier molecular flexibility index (Phi) is 3.78. The lowest BCUT2D eigenvalue weighted by molar-refractivity contribution is 0.0926. The molecule has 110 valence electrons. The summed E-state index contributed by atoms with van der Waals surface area (Å²) in [6, 6.07) is 0. The van der Waals surface area contributed by atoms with Crippen molar-refractivity contribution in [2.75, 3.05) is 6.61 Å². The van der Waals surface area contributed by atoms with E-state index >= 15 is 0 Å². The van der Waals surface area contributed by atoms with E-state index in [1.165, 1.54) is 0 Å². The fourth-order valence-electron chi connectivity index (χ4n) is 2.29. The molecule has 0 saturated carbocycles. The number of rotatable bonds is 4. The van der Waals surface area contributed by atoms with Crippen molar-refractivity contribution in [3.05, 3.63) is 30.0 Å². The minimum absolute atomic E-state index is 0.00140. The smallest absolute Gasteiger partial charge is 0.288 e. The number of nitrogens with one attached hydrogen (secondary N) is 1. The van der Waals surface area contributed by atoms with Crippen molar-refractivity contribution in [1.29, 1.82) is 0 Å². The average molecular weight is 288 g/mol. The van der Waals surface area contributed by atoms with Gasteiger partial charge in [-0.25, -0.2) is 9.67 Å². The van der Waals surface area contributed by atoms with E-state index in [0.29, 0.717) is 12.4 Å². The molecule has 3 heterocycles. The fraction of sp³-hybridized carbons (Fsp3) is 0.385. The van der Waals surface area contributed by atoms with Gasteiger partial charge in [0.2, 0.25) is 5.82 Å². The molecule has 1 aromatic rings. The Morgan fingerprint density at radius 3 is 3.24 bits per heavy atom. The van der Waals surface area contributed by atoms with Crippen LogP contribution in [0.4, 0.5) is 0 Å². The minimum Gasteiger partial charge on any atom is -0.376 e. The van der Waals surface area contributed by atoms with Crippen molar-refractivity contribution in [3.63, 3.8) is 0 Å². The Hall–Kier alpha value is -2.48. The Morgan fingerprint density at radius 1 is 1.57 bits per heavy atom. The van der Waals surface area contributed by atoms with Crippen LogP contribution in [-0.2, 0) is 11.3 Å². The molecule has 1 amide bonds. The number of primary amides is 1. The van der Waals surface area contributed by atoms with Crippen LogP contribution in [0.3, 0.4) is 0 Å². The van der Waals surface area contributed by atoms with Gasteiger partial charge in [0.05, 0.1) is 18.9 Å². The molecule has 8 nitrogen and oxygen atoms in total. The van der Waals surface area contributed by atoms with E-state index < -0.39 is 5.91 Å². The third-order valence-electron chi connectivity index (χ3n) is 3.28. The van der Waals surface area contributed by atoms with Gasteiger partial charge in [-0.2, -0.15) is 5.10 Å². The lowest BCUT2D eigenvalue weighted by Gasteiger charge is -2.11.